The molecule has 0 radical (unpaired) electrons. The van der Waals surface area contributed by atoms with Crippen molar-refractivity contribution in [2.45, 2.75) is 6.04 Å². The molecule has 3 nitrogen and oxygen atoms in total. The minimum absolute atomic E-state index is 0.137. The van der Waals surface area contributed by atoms with E-state index in [-0.39, 0.29) is 18.1 Å². The van der Waals surface area contributed by atoms with Gasteiger partial charge in [0.25, 0.3) is 0 Å². The molecular weight excluding hydrogens is 238 g/mol. The average Bonchev–Trinajstić information content (AvgIpc) is 2.24. The van der Waals surface area contributed by atoms with Crippen molar-refractivity contribution in [3.05, 3.63) is 34.9 Å². The summed E-state index contributed by atoms with van der Waals surface area (Å²) < 4.78 is 5.29. The second-order valence-electron chi connectivity index (χ2n) is 4.93. The van der Waals surface area contributed by atoms with E-state index in [1.807, 2.05) is 38.4 Å². The molecule has 1 aromatic carbocycles. The van der Waals surface area contributed by atoms with E-state index in [0.29, 0.717) is 13.2 Å². The Morgan fingerprint density at radius 2 is 1.94 bits per heavy atom. The van der Waals surface area contributed by atoms with E-state index >= 15 is 0 Å². The van der Waals surface area contributed by atoms with Gasteiger partial charge in [0.05, 0.1) is 25.2 Å². The van der Waals surface area contributed by atoms with Crippen LogP contribution in [0.3, 0.4) is 0 Å². The van der Waals surface area contributed by atoms with Crippen LogP contribution in [0.2, 0.25) is 5.02 Å². The van der Waals surface area contributed by atoms with Gasteiger partial charge < -0.3 is 14.7 Å². The molecule has 1 aliphatic heterocycles. The molecule has 2 rings (SSSR count). The SMILES string of the molecule is CN(C)C(c1ccc(Cl)cc1)C1(CO)COC1. The van der Waals surface area contributed by atoms with Crippen LogP contribution in [0.25, 0.3) is 0 Å². The molecule has 1 heterocycles. The summed E-state index contributed by atoms with van der Waals surface area (Å²) in [5.41, 5.74) is 0.980. The largest absolute Gasteiger partial charge is 0.396 e. The van der Waals surface area contributed by atoms with Crippen LogP contribution in [0.1, 0.15) is 11.6 Å². The van der Waals surface area contributed by atoms with E-state index in [2.05, 4.69) is 4.90 Å². The molecule has 0 bridgehead atoms. The van der Waals surface area contributed by atoms with Gasteiger partial charge in [0.15, 0.2) is 0 Å². The zero-order valence-electron chi connectivity index (χ0n) is 10.2. The molecule has 1 N–H and O–H groups in total. The smallest absolute Gasteiger partial charge is 0.0598 e. The first-order valence-corrected chi connectivity index (χ1v) is 6.07. The number of rotatable bonds is 4. The molecule has 4 heteroatoms. The molecule has 1 atom stereocenters. The molecule has 1 unspecified atom stereocenters. The van der Waals surface area contributed by atoms with Gasteiger partial charge in [0.1, 0.15) is 0 Å². The number of nitrogens with zero attached hydrogens (tertiary/aromatic N) is 1. The fraction of sp³-hybridized carbons (Fsp3) is 0.538. The van der Waals surface area contributed by atoms with Crippen molar-refractivity contribution in [1.29, 1.82) is 0 Å². The monoisotopic (exact) mass is 255 g/mol. The lowest BCUT2D eigenvalue weighted by Gasteiger charge is -2.48. The molecule has 1 saturated heterocycles. The summed E-state index contributed by atoms with van der Waals surface area (Å²) in [5.74, 6) is 0. The van der Waals surface area contributed by atoms with Crippen LogP contribution < -0.4 is 0 Å². The van der Waals surface area contributed by atoms with Gasteiger partial charge in [-0.1, -0.05) is 23.7 Å². The topological polar surface area (TPSA) is 32.7 Å². The molecule has 1 fully saturated rings. The number of ether oxygens (including phenoxy) is 1. The highest BCUT2D eigenvalue weighted by molar-refractivity contribution is 6.30. The number of aliphatic hydroxyl groups is 1. The predicted molar refractivity (Wildman–Crippen MR) is 68.2 cm³/mol. The Hall–Kier alpha value is -0.610. The van der Waals surface area contributed by atoms with E-state index in [0.717, 1.165) is 10.6 Å². The van der Waals surface area contributed by atoms with Gasteiger partial charge in [-0.15, -0.1) is 0 Å². The van der Waals surface area contributed by atoms with Gasteiger partial charge in [-0.05, 0) is 31.8 Å². The molecule has 17 heavy (non-hydrogen) atoms. The summed E-state index contributed by atoms with van der Waals surface area (Å²) in [4.78, 5) is 2.13. The quantitative estimate of drug-likeness (QED) is 0.893. The van der Waals surface area contributed by atoms with E-state index in [1.54, 1.807) is 0 Å². The molecule has 1 aromatic rings. The van der Waals surface area contributed by atoms with Crippen LogP contribution in [0.5, 0.6) is 0 Å². The van der Waals surface area contributed by atoms with Crippen molar-refractivity contribution in [2.24, 2.45) is 5.41 Å². The van der Waals surface area contributed by atoms with Gasteiger partial charge in [-0.3, -0.25) is 0 Å². The van der Waals surface area contributed by atoms with Crippen molar-refractivity contribution in [3.8, 4) is 0 Å². The maximum Gasteiger partial charge on any atom is 0.0598 e. The van der Waals surface area contributed by atoms with Crippen molar-refractivity contribution in [2.75, 3.05) is 33.9 Å². The summed E-state index contributed by atoms with van der Waals surface area (Å²) in [6.45, 7) is 1.35. The van der Waals surface area contributed by atoms with Gasteiger partial charge in [0, 0.05) is 11.1 Å². The Morgan fingerprint density at radius 3 is 2.29 bits per heavy atom. The lowest BCUT2D eigenvalue weighted by molar-refractivity contribution is -0.172. The minimum Gasteiger partial charge on any atom is -0.396 e. The number of halogens is 1. The number of hydrogen-bond donors (Lipinski definition) is 1. The fourth-order valence-electron chi connectivity index (χ4n) is 2.54. The Labute approximate surface area is 107 Å². The highest BCUT2D eigenvalue weighted by atomic mass is 35.5. The molecular formula is C13H18ClNO2. The van der Waals surface area contributed by atoms with Crippen molar-refractivity contribution >= 4 is 11.6 Å². The lowest BCUT2D eigenvalue weighted by atomic mass is 9.75. The number of aliphatic hydroxyl groups excluding tert-OH is 1. The molecule has 94 valence electrons. The van der Waals surface area contributed by atoms with Crippen LogP contribution in [-0.2, 0) is 4.74 Å². The van der Waals surface area contributed by atoms with E-state index in [4.69, 9.17) is 16.3 Å². The molecule has 0 spiro atoms. The zero-order chi connectivity index (χ0) is 12.5. The average molecular weight is 256 g/mol. The molecule has 0 aliphatic carbocycles. The van der Waals surface area contributed by atoms with Crippen LogP contribution in [0, 0.1) is 5.41 Å². The first kappa shape index (κ1) is 12.8. The zero-order valence-corrected chi connectivity index (χ0v) is 10.9. The third-order valence-corrected chi connectivity index (χ3v) is 3.63. The Balaban J connectivity index is 2.32. The highest BCUT2D eigenvalue weighted by Gasteiger charge is 2.47. The van der Waals surface area contributed by atoms with Gasteiger partial charge in [-0.2, -0.15) is 0 Å². The summed E-state index contributed by atoms with van der Waals surface area (Å²) in [7, 11) is 4.05. The summed E-state index contributed by atoms with van der Waals surface area (Å²) in [6, 6.07) is 7.96. The van der Waals surface area contributed by atoms with Crippen molar-refractivity contribution < 1.29 is 9.84 Å². The van der Waals surface area contributed by atoms with Crippen molar-refractivity contribution in [1.82, 2.24) is 4.90 Å². The maximum atomic E-state index is 9.64. The second kappa shape index (κ2) is 4.94. The number of hydrogen-bond acceptors (Lipinski definition) is 3. The third-order valence-electron chi connectivity index (χ3n) is 3.38. The standard InChI is InChI=1S/C13H18ClNO2/c1-15(2)12(13(7-16)8-17-9-13)10-3-5-11(14)6-4-10/h3-6,12,16H,7-9H2,1-2H3. The lowest BCUT2D eigenvalue weighted by Crippen LogP contribution is -2.53. The first-order chi connectivity index (χ1) is 8.09. The normalized spacial score (nSPS) is 20.1. The second-order valence-corrected chi connectivity index (χ2v) is 5.37. The molecule has 0 saturated carbocycles. The maximum absolute atomic E-state index is 9.64. The summed E-state index contributed by atoms with van der Waals surface area (Å²) in [5, 5.41) is 10.4. The van der Waals surface area contributed by atoms with Crippen molar-refractivity contribution in [3.63, 3.8) is 0 Å². The highest BCUT2D eigenvalue weighted by Crippen LogP contribution is 2.43. The van der Waals surface area contributed by atoms with E-state index < -0.39 is 0 Å². The fourth-order valence-corrected chi connectivity index (χ4v) is 2.67. The van der Waals surface area contributed by atoms with E-state index in [1.165, 1.54) is 0 Å². The Bertz CT molecular complexity index is 368. The third kappa shape index (κ3) is 2.33. The Kier molecular flexibility index (Phi) is 3.73. The molecule has 0 aromatic heterocycles. The van der Waals surface area contributed by atoms with Crippen LogP contribution in [0.15, 0.2) is 24.3 Å². The molecule has 0 amide bonds. The van der Waals surface area contributed by atoms with Gasteiger partial charge in [0.2, 0.25) is 0 Å². The van der Waals surface area contributed by atoms with Crippen LogP contribution >= 0.6 is 11.6 Å². The summed E-state index contributed by atoms with van der Waals surface area (Å²) >= 11 is 5.90. The Morgan fingerprint density at radius 1 is 1.35 bits per heavy atom. The van der Waals surface area contributed by atoms with E-state index in [9.17, 15) is 5.11 Å². The first-order valence-electron chi connectivity index (χ1n) is 5.69. The molecule has 1 aliphatic rings. The predicted octanol–water partition coefficient (Wildman–Crippen LogP) is 1.95. The van der Waals surface area contributed by atoms with Crippen LogP contribution in [-0.4, -0.2) is 43.9 Å². The minimum atomic E-state index is -0.183. The van der Waals surface area contributed by atoms with Gasteiger partial charge in [-0.25, -0.2) is 0 Å². The van der Waals surface area contributed by atoms with Gasteiger partial charge >= 0.3 is 0 Å². The number of benzene rings is 1. The summed E-state index contributed by atoms with van der Waals surface area (Å²) in [6.07, 6.45) is 0. The van der Waals surface area contributed by atoms with Crippen LogP contribution in [0.4, 0.5) is 0 Å².